The molecule has 1 fully saturated rings. The zero-order chi connectivity index (χ0) is 5.98. The predicted octanol–water partition coefficient (Wildman–Crippen LogP) is 0.612. The molecule has 1 aliphatic rings. The van der Waals surface area contributed by atoms with Gasteiger partial charge in [0.1, 0.15) is 5.78 Å². The molecule has 0 bridgehead atoms. The molecule has 0 saturated carbocycles. The fourth-order valence-electron chi connectivity index (χ4n) is 0.772. The Hall–Kier alpha value is -0.370. The van der Waals surface area contributed by atoms with Gasteiger partial charge in [-0.3, -0.25) is 4.79 Å². The van der Waals surface area contributed by atoms with Crippen LogP contribution in [0.3, 0.4) is 0 Å². The van der Waals surface area contributed by atoms with Crippen LogP contribution >= 0.6 is 0 Å². The summed E-state index contributed by atoms with van der Waals surface area (Å²) in [7, 11) is 0. The Balaban J connectivity index is 2.39. The number of hydrogen-bond donors (Lipinski definition) is 0. The maximum Gasteiger partial charge on any atom is 0.140 e. The van der Waals surface area contributed by atoms with Crippen LogP contribution in [-0.2, 0) is 9.53 Å². The number of ether oxygens (including phenoxy) is 1. The topological polar surface area (TPSA) is 26.3 Å². The smallest absolute Gasteiger partial charge is 0.140 e. The molecule has 0 radical (unpaired) electrons. The third-order valence-electron chi connectivity index (χ3n) is 1.41. The molecular weight excluding hydrogens is 104 g/mol. The van der Waals surface area contributed by atoms with Gasteiger partial charge in [-0.05, 0) is 0 Å². The second-order valence-corrected chi connectivity index (χ2v) is 2.19. The van der Waals surface area contributed by atoms with Crippen molar-refractivity contribution >= 4 is 5.78 Å². The SMILES string of the molecule is C[C@H]1COCCC1=O. The third-order valence-corrected chi connectivity index (χ3v) is 1.41. The highest BCUT2D eigenvalue weighted by molar-refractivity contribution is 5.81. The van der Waals surface area contributed by atoms with E-state index in [1.54, 1.807) is 0 Å². The van der Waals surface area contributed by atoms with Crippen LogP contribution in [0.15, 0.2) is 0 Å². The Labute approximate surface area is 48.8 Å². The van der Waals surface area contributed by atoms with Crippen LogP contribution in [0.1, 0.15) is 13.3 Å². The molecule has 1 aliphatic heterocycles. The fraction of sp³-hybridized carbons (Fsp3) is 0.833. The van der Waals surface area contributed by atoms with E-state index in [1.165, 1.54) is 0 Å². The molecule has 0 aliphatic carbocycles. The van der Waals surface area contributed by atoms with Gasteiger partial charge in [0.2, 0.25) is 0 Å². The molecule has 0 spiro atoms. The molecule has 0 unspecified atom stereocenters. The van der Waals surface area contributed by atoms with Crippen LogP contribution in [0.4, 0.5) is 0 Å². The highest BCUT2D eigenvalue weighted by atomic mass is 16.5. The molecule has 0 amide bonds. The largest absolute Gasteiger partial charge is 0.380 e. The molecule has 1 heterocycles. The molecule has 0 aromatic carbocycles. The van der Waals surface area contributed by atoms with Crippen LogP contribution in [-0.4, -0.2) is 19.0 Å². The molecule has 0 aromatic heterocycles. The van der Waals surface area contributed by atoms with Crippen LogP contribution in [0.2, 0.25) is 0 Å². The Bertz CT molecular complexity index is 98.7. The second-order valence-electron chi connectivity index (χ2n) is 2.19. The summed E-state index contributed by atoms with van der Waals surface area (Å²) in [5, 5.41) is 0. The minimum atomic E-state index is 0.142. The minimum absolute atomic E-state index is 0.142. The van der Waals surface area contributed by atoms with Gasteiger partial charge in [-0.15, -0.1) is 0 Å². The van der Waals surface area contributed by atoms with Gasteiger partial charge in [-0.25, -0.2) is 0 Å². The van der Waals surface area contributed by atoms with Crippen molar-refractivity contribution in [2.45, 2.75) is 13.3 Å². The van der Waals surface area contributed by atoms with Gasteiger partial charge in [0.05, 0.1) is 13.2 Å². The summed E-state index contributed by atoms with van der Waals surface area (Å²) in [5.74, 6) is 0.486. The quantitative estimate of drug-likeness (QED) is 0.461. The monoisotopic (exact) mass is 114 g/mol. The molecule has 1 atom stereocenters. The normalized spacial score (nSPS) is 30.6. The van der Waals surface area contributed by atoms with E-state index >= 15 is 0 Å². The molecule has 1 saturated heterocycles. The first-order valence-electron chi connectivity index (χ1n) is 2.91. The highest BCUT2D eigenvalue weighted by Gasteiger charge is 2.16. The van der Waals surface area contributed by atoms with Gasteiger partial charge in [-0.2, -0.15) is 0 Å². The highest BCUT2D eigenvalue weighted by Crippen LogP contribution is 2.07. The molecule has 2 nitrogen and oxygen atoms in total. The van der Waals surface area contributed by atoms with Crippen molar-refractivity contribution in [3.63, 3.8) is 0 Å². The van der Waals surface area contributed by atoms with Crippen LogP contribution in [0, 0.1) is 5.92 Å². The first kappa shape index (κ1) is 5.76. The number of ketones is 1. The first-order valence-corrected chi connectivity index (χ1v) is 2.91. The van der Waals surface area contributed by atoms with Crippen molar-refractivity contribution < 1.29 is 9.53 Å². The maximum absolute atomic E-state index is 10.7. The molecule has 0 aromatic rings. The number of carbonyl (C=O) groups is 1. The van der Waals surface area contributed by atoms with E-state index in [1.807, 2.05) is 6.92 Å². The van der Waals surface area contributed by atoms with Gasteiger partial charge >= 0.3 is 0 Å². The van der Waals surface area contributed by atoms with Crippen molar-refractivity contribution in [2.75, 3.05) is 13.2 Å². The fourth-order valence-corrected chi connectivity index (χ4v) is 0.772. The Morgan fingerprint density at radius 1 is 1.75 bits per heavy atom. The summed E-state index contributed by atoms with van der Waals surface area (Å²) < 4.78 is 5.03. The van der Waals surface area contributed by atoms with Crippen molar-refractivity contribution in [3.8, 4) is 0 Å². The van der Waals surface area contributed by atoms with E-state index in [4.69, 9.17) is 4.74 Å². The lowest BCUT2D eigenvalue weighted by atomic mass is 10.0. The zero-order valence-electron chi connectivity index (χ0n) is 5.02. The minimum Gasteiger partial charge on any atom is -0.380 e. The van der Waals surface area contributed by atoms with Crippen LogP contribution in [0.25, 0.3) is 0 Å². The van der Waals surface area contributed by atoms with Gasteiger partial charge in [0, 0.05) is 12.3 Å². The van der Waals surface area contributed by atoms with E-state index in [0.717, 1.165) is 0 Å². The second kappa shape index (κ2) is 2.27. The number of hydrogen-bond acceptors (Lipinski definition) is 2. The predicted molar refractivity (Wildman–Crippen MR) is 29.6 cm³/mol. The van der Waals surface area contributed by atoms with Crippen LogP contribution < -0.4 is 0 Å². The summed E-state index contributed by atoms with van der Waals surface area (Å²) in [6.07, 6.45) is 0.612. The summed E-state index contributed by atoms with van der Waals surface area (Å²) in [5.41, 5.74) is 0. The summed E-state index contributed by atoms with van der Waals surface area (Å²) in [6.45, 7) is 3.16. The van der Waals surface area contributed by atoms with E-state index in [2.05, 4.69) is 0 Å². The Morgan fingerprint density at radius 2 is 2.50 bits per heavy atom. The number of carbonyl (C=O) groups excluding carboxylic acids is 1. The molecule has 2 heteroatoms. The molecular formula is C6H10O2. The van der Waals surface area contributed by atoms with E-state index in [0.29, 0.717) is 25.4 Å². The van der Waals surface area contributed by atoms with Crippen molar-refractivity contribution in [1.82, 2.24) is 0 Å². The first-order chi connectivity index (χ1) is 3.80. The van der Waals surface area contributed by atoms with Gasteiger partial charge in [0.25, 0.3) is 0 Å². The maximum atomic E-state index is 10.7. The van der Waals surface area contributed by atoms with Crippen molar-refractivity contribution in [3.05, 3.63) is 0 Å². The van der Waals surface area contributed by atoms with Crippen molar-refractivity contribution in [2.24, 2.45) is 5.92 Å². The average Bonchev–Trinajstić information content (AvgIpc) is 1.77. The van der Waals surface area contributed by atoms with Gasteiger partial charge < -0.3 is 4.74 Å². The van der Waals surface area contributed by atoms with Crippen molar-refractivity contribution in [1.29, 1.82) is 0 Å². The molecule has 46 valence electrons. The summed E-state index contributed by atoms with van der Waals surface area (Å²) in [6, 6.07) is 0. The molecule has 0 N–H and O–H groups in total. The van der Waals surface area contributed by atoms with E-state index < -0.39 is 0 Å². The summed E-state index contributed by atoms with van der Waals surface area (Å²) in [4.78, 5) is 10.7. The molecule has 8 heavy (non-hydrogen) atoms. The lowest BCUT2D eigenvalue weighted by Gasteiger charge is -2.15. The van der Waals surface area contributed by atoms with Gasteiger partial charge in [0.15, 0.2) is 0 Å². The number of rotatable bonds is 0. The van der Waals surface area contributed by atoms with Gasteiger partial charge in [-0.1, -0.05) is 6.92 Å². The zero-order valence-corrected chi connectivity index (χ0v) is 5.02. The van der Waals surface area contributed by atoms with Crippen LogP contribution in [0.5, 0.6) is 0 Å². The standard InChI is InChI=1S/C6H10O2/c1-5-4-8-3-2-6(5)7/h5H,2-4H2,1H3/t5-/m0/s1. The lowest BCUT2D eigenvalue weighted by molar-refractivity contribution is -0.129. The summed E-state index contributed by atoms with van der Waals surface area (Å²) >= 11 is 0. The molecule has 1 rings (SSSR count). The van der Waals surface area contributed by atoms with E-state index in [9.17, 15) is 4.79 Å². The third kappa shape index (κ3) is 1.07. The number of Topliss-reactive ketones (excluding diaryl/α,β-unsaturated/α-hetero) is 1. The average molecular weight is 114 g/mol. The Kier molecular flexibility index (Phi) is 1.63. The van der Waals surface area contributed by atoms with E-state index in [-0.39, 0.29) is 5.92 Å². The Morgan fingerprint density at radius 3 is 2.88 bits per heavy atom. The lowest BCUT2D eigenvalue weighted by Crippen LogP contribution is -2.24.